The van der Waals surface area contributed by atoms with Gasteiger partial charge in [0.15, 0.2) is 5.17 Å². The highest BCUT2D eigenvalue weighted by Crippen LogP contribution is 2.05. The Morgan fingerprint density at radius 3 is 2.46 bits per heavy atom. The lowest BCUT2D eigenvalue weighted by atomic mass is 10.2. The van der Waals surface area contributed by atoms with Gasteiger partial charge in [0.1, 0.15) is 0 Å². The molecule has 3 N–H and O–H groups in total. The molecule has 4 heteroatoms. The summed E-state index contributed by atoms with van der Waals surface area (Å²) < 4.78 is 0. The Bertz CT molecular complexity index is 251. The first-order valence-corrected chi connectivity index (χ1v) is 4.78. The van der Waals surface area contributed by atoms with Gasteiger partial charge in [0.05, 0.1) is 0 Å². The van der Waals surface area contributed by atoms with Crippen molar-refractivity contribution in [3.8, 4) is 0 Å². The number of rotatable bonds is 3. The molecule has 0 amide bonds. The Morgan fingerprint density at radius 1 is 1.31 bits per heavy atom. The van der Waals surface area contributed by atoms with Crippen molar-refractivity contribution in [3.05, 3.63) is 35.9 Å². The molecule has 0 heterocycles. The molecule has 0 unspecified atom stereocenters. The standard InChI is InChI=1S/C9H12N2S.ClH/c10-9(11)12-7-6-8-4-2-1-3-5-8;/h1-5H,6-7H2,(H3,10,11);1H. The summed E-state index contributed by atoms with van der Waals surface area (Å²) in [6.07, 6.45) is 0.977. The minimum atomic E-state index is 0. The Morgan fingerprint density at radius 2 is 1.92 bits per heavy atom. The highest BCUT2D eigenvalue weighted by atomic mass is 35.5. The number of nitrogens with one attached hydrogen (secondary N) is 1. The second kappa shape index (κ2) is 6.80. The number of halogens is 1. The lowest BCUT2D eigenvalue weighted by Gasteiger charge is -1.98. The van der Waals surface area contributed by atoms with E-state index in [4.69, 9.17) is 11.1 Å². The minimum Gasteiger partial charge on any atom is -0.379 e. The maximum absolute atomic E-state index is 7.00. The Labute approximate surface area is 88.8 Å². The average Bonchev–Trinajstić information content (AvgIpc) is 2.05. The smallest absolute Gasteiger partial charge is 0.151 e. The molecule has 0 fully saturated rings. The third kappa shape index (κ3) is 5.55. The lowest BCUT2D eigenvalue weighted by Crippen LogP contribution is -2.05. The molecule has 0 atom stereocenters. The average molecular weight is 217 g/mol. The summed E-state index contributed by atoms with van der Waals surface area (Å²) in [7, 11) is 0. The number of thioether (sulfide) groups is 1. The van der Waals surface area contributed by atoms with Crippen molar-refractivity contribution in [1.82, 2.24) is 0 Å². The molecule has 0 aromatic heterocycles. The number of hydrogen-bond acceptors (Lipinski definition) is 2. The highest BCUT2D eigenvalue weighted by molar-refractivity contribution is 8.13. The summed E-state index contributed by atoms with van der Waals surface area (Å²) in [6.45, 7) is 0. The van der Waals surface area contributed by atoms with E-state index in [9.17, 15) is 0 Å². The van der Waals surface area contributed by atoms with Crippen molar-refractivity contribution in [2.75, 3.05) is 5.75 Å². The molecule has 0 saturated carbocycles. The maximum Gasteiger partial charge on any atom is 0.151 e. The third-order valence-electron chi connectivity index (χ3n) is 1.49. The van der Waals surface area contributed by atoms with Gasteiger partial charge in [-0.05, 0) is 12.0 Å². The molecular formula is C9H13ClN2S. The molecule has 0 spiro atoms. The van der Waals surface area contributed by atoms with E-state index in [1.165, 1.54) is 17.3 Å². The molecule has 1 aromatic rings. The maximum atomic E-state index is 7.00. The van der Waals surface area contributed by atoms with Gasteiger partial charge in [-0.2, -0.15) is 0 Å². The number of nitrogens with two attached hydrogens (primary N) is 1. The van der Waals surface area contributed by atoms with E-state index in [-0.39, 0.29) is 17.6 Å². The third-order valence-corrected chi connectivity index (χ3v) is 2.21. The summed E-state index contributed by atoms with van der Waals surface area (Å²) in [4.78, 5) is 0. The van der Waals surface area contributed by atoms with E-state index >= 15 is 0 Å². The van der Waals surface area contributed by atoms with Crippen LogP contribution in [0.2, 0.25) is 0 Å². The highest BCUT2D eigenvalue weighted by Gasteiger charge is 1.93. The zero-order valence-corrected chi connectivity index (χ0v) is 8.83. The predicted molar refractivity (Wildman–Crippen MR) is 61.8 cm³/mol. The second-order valence-corrected chi connectivity index (χ2v) is 3.59. The van der Waals surface area contributed by atoms with E-state index in [2.05, 4.69) is 12.1 Å². The quantitative estimate of drug-likeness (QED) is 0.602. The summed E-state index contributed by atoms with van der Waals surface area (Å²) in [5.74, 6) is 0.888. The van der Waals surface area contributed by atoms with Gasteiger partial charge < -0.3 is 5.73 Å². The van der Waals surface area contributed by atoms with Gasteiger partial charge in [-0.25, -0.2) is 0 Å². The van der Waals surface area contributed by atoms with Crippen molar-refractivity contribution < 1.29 is 0 Å². The fourth-order valence-electron chi connectivity index (χ4n) is 0.924. The van der Waals surface area contributed by atoms with Crippen molar-refractivity contribution >= 4 is 29.3 Å². The van der Waals surface area contributed by atoms with Crippen LogP contribution >= 0.6 is 24.2 Å². The zero-order valence-electron chi connectivity index (χ0n) is 7.19. The van der Waals surface area contributed by atoms with Crippen molar-refractivity contribution in [3.63, 3.8) is 0 Å². The van der Waals surface area contributed by atoms with Crippen LogP contribution in [-0.4, -0.2) is 10.9 Å². The Balaban J connectivity index is 0.00000144. The molecule has 0 aliphatic carbocycles. The van der Waals surface area contributed by atoms with Crippen molar-refractivity contribution in [2.24, 2.45) is 5.73 Å². The van der Waals surface area contributed by atoms with Crippen LogP contribution in [0.15, 0.2) is 30.3 Å². The normalized spacial score (nSPS) is 8.92. The molecule has 1 aromatic carbocycles. The summed E-state index contributed by atoms with van der Waals surface area (Å²) in [5.41, 5.74) is 6.50. The van der Waals surface area contributed by atoms with Crippen LogP contribution in [0, 0.1) is 5.41 Å². The van der Waals surface area contributed by atoms with Crippen molar-refractivity contribution in [2.45, 2.75) is 6.42 Å². The van der Waals surface area contributed by atoms with Gasteiger partial charge >= 0.3 is 0 Å². The van der Waals surface area contributed by atoms with Crippen LogP contribution in [-0.2, 0) is 6.42 Å². The minimum absolute atomic E-state index is 0. The van der Waals surface area contributed by atoms with Crippen LogP contribution in [0.1, 0.15) is 5.56 Å². The monoisotopic (exact) mass is 216 g/mol. The lowest BCUT2D eigenvalue weighted by molar-refractivity contribution is 1.16. The summed E-state index contributed by atoms with van der Waals surface area (Å²) in [5, 5.41) is 7.20. The molecule has 13 heavy (non-hydrogen) atoms. The number of hydrogen-bond donors (Lipinski definition) is 2. The molecule has 1 rings (SSSR count). The first-order valence-electron chi connectivity index (χ1n) is 3.80. The van der Waals surface area contributed by atoms with E-state index in [1.54, 1.807) is 0 Å². The largest absolute Gasteiger partial charge is 0.379 e. The van der Waals surface area contributed by atoms with E-state index in [0.717, 1.165) is 12.2 Å². The number of aryl methyl sites for hydroxylation is 1. The summed E-state index contributed by atoms with van der Waals surface area (Å²) in [6, 6.07) is 10.2. The number of benzene rings is 1. The number of amidine groups is 1. The van der Waals surface area contributed by atoms with Crippen LogP contribution in [0.5, 0.6) is 0 Å². The Hall–Kier alpha value is -0.670. The van der Waals surface area contributed by atoms with Gasteiger partial charge in [-0.15, -0.1) is 12.4 Å². The van der Waals surface area contributed by atoms with Crippen LogP contribution in [0.25, 0.3) is 0 Å². The van der Waals surface area contributed by atoms with E-state index in [0.29, 0.717) is 0 Å². The second-order valence-electron chi connectivity index (χ2n) is 2.45. The first kappa shape index (κ1) is 12.3. The van der Waals surface area contributed by atoms with Gasteiger partial charge in [-0.3, -0.25) is 5.41 Å². The molecule has 0 radical (unpaired) electrons. The topological polar surface area (TPSA) is 49.9 Å². The van der Waals surface area contributed by atoms with Gasteiger partial charge in [0.2, 0.25) is 0 Å². The summed E-state index contributed by atoms with van der Waals surface area (Å²) >= 11 is 1.39. The fraction of sp³-hybridized carbons (Fsp3) is 0.222. The first-order chi connectivity index (χ1) is 5.79. The van der Waals surface area contributed by atoms with Crippen LogP contribution < -0.4 is 5.73 Å². The van der Waals surface area contributed by atoms with Crippen molar-refractivity contribution in [1.29, 1.82) is 5.41 Å². The molecule has 0 bridgehead atoms. The Kier molecular flexibility index (Phi) is 6.45. The van der Waals surface area contributed by atoms with Gasteiger partial charge in [0, 0.05) is 5.75 Å². The molecular weight excluding hydrogens is 204 g/mol. The van der Waals surface area contributed by atoms with Gasteiger partial charge in [-0.1, -0.05) is 42.1 Å². The SMILES string of the molecule is Cl.N=C(N)SCCc1ccccc1. The van der Waals surface area contributed by atoms with Crippen LogP contribution in [0.3, 0.4) is 0 Å². The van der Waals surface area contributed by atoms with E-state index < -0.39 is 0 Å². The molecule has 0 aliphatic heterocycles. The predicted octanol–water partition coefficient (Wildman–Crippen LogP) is 2.28. The molecule has 72 valence electrons. The molecule has 0 aliphatic rings. The molecule has 2 nitrogen and oxygen atoms in total. The fourth-order valence-corrected chi connectivity index (χ4v) is 1.48. The molecule has 0 saturated heterocycles. The van der Waals surface area contributed by atoms with Crippen LogP contribution in [0.4, 0.5) is 0 Å². The van der Waals surface area contributed by atoms with E-state index in [1.807, 2.05) is 18.2 Å². The zero-order chi connectivity index (χ0) is 8.81. The van der Waals surface area contributed by atoms with Gasteiger partial charge in [0.25, 0.3) is 0 Å².